The maximum atomic E-state index is 12.2. The molecule has 1 aliphatic rings. The van der Waals surface area contributed by atoms with Gasteiger partial charge in [0.2, 0.25) is 11.8 Å². The number of benzene rings is 1. The van der Waals surface area contributed by atoms with Crippen LogP contribution in [0.1, 0.15) is 17.5 Å². The fourth-order valence-electron chi connectivity index (χ4n) is 2.46. The summed E-state index contributed by atoms with van der Waals surface area (Å²) in [5.74, 6) is -0.834. The number of rotatable bonds is 5. The van der Waals surface area contributed by atoms with Crippen molar-refractivity contribution < 1.29 is 9.59 Å². The molecule has 1 fully saturated rings. The van der Waals surface area contributed by atoms with Gasteiger partial charge in [-0.1, -0.05) is 0 Å². The summed E-state index contributed by atoms with van der Waals surface area (Å²) in [6.07, 6.45) is 3.91. The van der Waals surface area contributed by atoms with Crippen molar-refractivity contribution in [1.29, 1.82) is 5.26 Å². The van der Waals surface area contributed by atoms with Gasteiger partial charge in [0.1, 0.15) is 0 Å². The summed E-state index contributed by atoms with van der Waals surface area (Å²) in [6.45, 7) is 0.432. The molecule has 6 nitrogen and oxygen atoms in total. The minimum atomic E-state index is -0.293. The Morgan fingerprint density at radius 1 is 1.08 bits per heavy atom. The molecular weight excluding hydrogens is 304 g/mol. The largest absolute Gasteiger partial charge is 0.352 e. The van der Waals surface area contributed by atoms with Crippen LogP contribution in [0.3, 0.4) is 0 Å². The van der Waals surface area contributed by atoms with Crippen molar-refractivity contribution in [2.75, 3.05) is 5.32 Å². The Morgan fingerprint density at radius 3 is 2.42 bits per heavy atom. The lowest BCUT2D eigenvalue weighted by atomic mass is 10.2. The van der Waals surface area contributed by atoms with E-state index in [9.17, 15) is 9.59 Å². The highest BCUT2D eigenvalue weighted by atomic mass is 16.2. The third-order valence-corrected chi connectivity index (χ3v) is 3.96. The van der Waals surface area contributed by atoms with Crippen molar-refractivity contribution in [2.24, 2.45) is 11.8 Å². The van der Waals surface area contributed by atoms with Gasteiger partial charge in [0, 0.05) is 24.6 Å². The Hall–Kier alpha value is -3.20. The molecular formula is C18H16N4O2. The molecule has 2 atom stereocenters. The molecule has 0 saturated heterocycles. The Balaban J connectivity index is 1.48. The van der Waals surface area contributed by atoms with Crippen molar-refractivity contribution in [2.45, 2.75) is 13.0 Å². The lowest BCUT2D eigenvalue weighted by molar-refractivity contribution is -0.125. The highest BCUT2D eigenvalue weighted by Gasteiger charge is 2.47. The second-order valence-electron chi connectivity index (χ2n) is 5.70. The minimum Gasteiger partial charge on any atom is -0.352 e. The summed E-state index contributed by atoms with van der Waals surface area (Å²) < 4.78 is 0. The van der Waals surface area contributed by atoms with E-state index in [1.807, 2.05) is 18.2 Å². The number of nitrogens with zero attached hydrogens (tertiary/aromatic N) is 2. The first-order valence-electron chi connectivity index (χ1n) is 7.65. The Labute approximate surface area is 139 Å². The molecule has 24 heavy (non-hydrogen) atoms. The quantitative estimate of drug-likeness (QED) is 0.879. The van der Waals surface area contributed by atoms with Gasteiger partial charge >= 0.3 is 0 Å². The minimum absolute atomic E-state index is 0.105. The van der Waals surface area contributed by atoms with Gasteiger partial charge in [0.05, 0.1) is 23.5 Å². The monoisotopic (exact) mass is 320 g/mol. The van der Waals surface area contributed by atoms with Crippen molar-refractivity contribution in [1.82, 2.24) is 10.3 Å². The van der Waals surface area contributed by atoms with Crippen LogP contribution < -0.4 is 10.6 Å². The molecule has 1 heterocycles. The summed E-state index contributed by atoms with van der Waals surface area (Å²) in [5, 5.41) is 14.4. The highest BCUT2D eigenvalue weighted by molar-refractivity contribution is 5.99. The predicted octanol–water partition coefficient (Wildman–Crippen LogP) is 1.84. The van der Waals surface area contributed by atoms with E-state index in [0.29, 0.717) is 24.2 Å². The number of pyridine rings is 1. The lowest BCUT2D eigenvalue weighted by Gasteiger charge is -2.06. The maximum absolute atomic E-state index is 12.2. The number of anilines is 1. The van der Waals surface area contributed by atoms with Crippen molar-refractivity contribution in [3.8, 4) is 6.07 Å². The molecule has 0 bridgehead atoms. The standard InChI is InChI=1S/C18H16N4O2/c19-10-12-1-3-14(4-2-12)22-18(24)16-9-15(16)17(23)21-11-13-5-7-20-8-6-13/h1-8,15-16H,9,11H2,(H,21,23)(H,22,24). The molecule has 1 saturated carbocycles. The van der Waals surface area contributed by atoms with Gasteiger partial charge < -0.3 is 10.6 Å². The van der Waals surface area contributed by atoms with Crippen molar-refractivity contribution in [3.05, 3.63) is 59.9 Å². The number of hydrogen-bond acceptors (Lipinski definition) is 4. The predicted molar refractivity (Wildman–Crippen MR) is 87.5 cm³/mol. The molecule has 6 heteroatoms. The third kappa shape index (κ3) is 3.76. The van der Waals surface area contributed by atoms with Gasteiger partial charge in [-0.15, -0.1) is 0 Å². The smallest absolute Gasteiger partial charge is 0.228 e. The normalized spacial score (nSPS) is 18.3. The number of aromatic nitrogens is 1. The SMILES string of the molecule is N#Cc1ccc(NC(=O)C2CC2C(=O)NCc2ccncc2)cc1. The summed E-state index contributed by atoms with van der Waals surface area (Å²) in [7, 11) is 0. The highest BCUT2D eigenvalue weighted by Crippen LogP contribution is 2.39. The Bertz CT molecular complexity index is 781. The van der Waals surface area contributed by atoms with E-state index in [1.165, 1.54) is 0 Å². The summed E-state index contributed by atoms with van der Waals surface area (Å²) >= 11 is 0. The molecule has 3 rings (SSSR count). The van der Waals surface area contributed by atoms with Crippen LogP contribution in [0, 0.1) is 23.2 Å². The number of nitriles is 1. The van der Waals surface area contributed by atoms with Crippen molar-refractivity contribution >= 4 is 17.5 Å². The van der Waals surface area contributed by atoms with Crippen LogP contribution in [0.5, 0.6) is 0 Å². The van der Waals surface area contributed by atoms with E-state index in [-0.39, 0.29) is 23.7 Å². The van der Waals surface area contributed by atoms with Crippen LogP contribution in [0.4, 0.5) is 5.69 Å². The number of amides is 2. The van der Waals surface area contributed by atoms with Gasteiger partial charge in [0.15, 0.2) is 0 Å². The second kappa shape index (κ2) is 6.92. The Morgan fingerprint density at radius 2 is 1.75 bits per heavy atom. The Kier molecular flexibility index (Phi) is 4.52. The molecule has 1 aromatic carbocycles. The first-order chi connectivity index (χ1) is 11.7. The molecule has 2 N–H and O–H groups in total. The number of hydrogen-bond donors (Lipinski definition) is 2. The molecule has 1 aromatic heterocycles. The average Bonchev–Trinajstić information content (AvgIpc) is 3.42. The average molecular weight is 320 g/mol. The molecule has 0 aliphatic heterocycles. The van der Waals surface area contributed by atoms with E-state index < -0.39 is 0 Å². The van der Waals surface area contributed by atoms with E-state index in [0.717, 1.165) is 5.56 Å². The lowest BCUT2D eigenvalue weighted by Crippen LogP contribution is -2.27. The van der Waals surface area contributed by atoms with Gasteiger partial charge in [-0.3, -0.25) is 14.6 Å². The van der Waals surface area contributed by atoms with Crippen LogP contribution in [-0.2, 0) is 16.1 Å². The zero-order valence-corrected chi connectivity index (χ0v) is 12.9. The van der Waals surface area contributed by atoms with E-state index >= 15 is 0 Å². The fourth-order valence-corrected chi connectivity index (χ4v) is 2.46. The maximum Gasteiger partial charge on any atom is 0.228 e. The second-order valence-corrected chi connectivity index (χ2v) is 5.70. The van der Waals surface area contributed by atoms with Crippen LogP contribution in [-0.4, -0.2) is 16.8 Å². The van der Waals surface area contributed by atoms with Gasteiger partial charge in [-0.05, 0) is 48.4 Å². The first-order valence-corrected chi connectivity index (χ1v) is 7.65. The fraction of sp³-hybridized carbons (Fsp3) is 0.222. The molecule has 1 aliphatic carbocycles. The van der Waals surface area contributed by atoms with Crippen LogP contribution in [0.2, 0.25) is 0 Å². The number of carbonyl (C=O) groups is 2. The van der Waals surface area contributed by atoms with Crippen LogP contribution in [0.15, 0.2) is 48.8 Å². The van der Waals surface area contributed by atoms with Crippen LogP contribution in [0.25, 0.3) is 0 Å². The van der Waals surface area contributed by atoms with E-state index in [4.69, 9.17) is 5.26 Å². The summed E-state index contributed by atoms with van der Waals surface area (Å²) in [6, 6.07) is 12.3. The molecule has 0 radical (unpaired) electrons. The molecule has 2 unspecified atom stereocenters. The zero-order chi connectivity index (χ0) is 16.9. The van der Waals surface area contributed by atoms with Gasteiger partial charge in [0.25, 0.3) is 0 Å². The number of carbonyl (C=O) groups excluding carboxylic acids is 2. The molecule has 0 spiro atoms. The first kappa shape index (κ1) is 15.7. The third-order valence-electron chi connectivity index (χ3n) is 3.96. The van der Waals surface area contributed by atoms with Crippen LogP contribution >= 0.6 is 0 Å². The molecule has 2 aromatic rings. The van der Waals surface area contributed by atoms with E-state index in [2.05, 4.69) is 15.6 Å². The molecule has 120 valence electrons. The van der Waals surface area contributed by atoms with Gasteiger partial charge in [-0.25, -0.2) is 0 Å². The van der Waals surface area contributed by atoms with Gasteiger partial charge in [-0.2, -0.15) is 5.26 Å². The van der Waals surface area contributed by atoms with E-state index in [1.54, 1.807) is 36.7 Å². The topological polar surface area (TPSA) is 94.9 Å². The zero-order valence-electron chi connectivity index (χ0n) is 12.9. The number of nitrogens with one attached hydrogen (secondary N) is 2. The molecule has 2 amide bonds. The summed E-state index contributed by atoms with van der Waals surface area (Å²) in [4.78, 5) is 28.2. The summed E-state index contributed by atoms with van der Waals surface area (Å²) in [5.41, 5.74) is 2.13. The van der Waals surface area contributed by atoms with Crippen molar-refractivity contribution in [3.63, 3.8) is 0 Å².